The maximum absolute atomic E-state index is 12.8. The standard InChI is InChI=1S/C20H23BrN2O3S/c21-15-11-13-17(14-12-15)27(25,26)23-19-10-6-5-9-18(19)20(24)22-16-7-3-1-2-4-8-16/h5-6,9-14,16,23H,1-4,7-8H2,(H,22,24). The highest BCUT2D eigenvalue weighted by atomic mass is 79.9. The second-order valence-electron chi connectivity index (χ2n) is 6.77. The van der Waals surface area contributed by atoms with Crippen LogP contribution in [0.4, 0.5) is 5.69 Å². The van der Waals surface area contributed by atoms with Gasteiger partial charge in [0.25, 0.3) is 15.9 Å². The first kappa shape index (κ1) is 19.9. The van der Waals surface area contributed by atoms with Gasteiger partial charge in [0, 0.05) is 10.5 Å². The summed E-state index contributed by atoms with van der Waals surface area (Å²) < 4.78 is 28.7. The van der Waals surface area contributed by atoms with Gasteiger partial charge in [-0.2, -0.15) is 0 Å². The zero-order chi connectivity index (χ0) is 19.3. The lowest BCUT2D eigenvalue weighted by Gasteiger charge is -2.18. The fourth-order valence-corrected chi connectivity index (χ4v) is 4.62. The Morgan fingerprint density at radius 1 is 0.926 bits per heavy atom. The molecule has 0 heterocycles. The molecule has 0 radical (unpaired) electrons. The molecule has 5 nitrogen and oxygen atoms in total. The maximum atomic E-state index is 12.8. The van der Waals surface area contributed by atoms with E-state index in [1.165, 1.54) is 25.0 Å². The van der Waals surface area contributed by atoms with Crippen molar-refractivity contribution in [2.45, 2.75) is 49.5 Å². The molecule has 1 fully saturated rings. The molecule has 1 amide bonds. The lowest BCUT2D eigenvalue weighted by Crippen LogP contribution is -2.35. The minimum Gasteiger partial charge on any atom is -0.349 e. The summed E-state index contributed by atoms with van der Waals surface area (Å²) in [5, 5.41) is 3.07. The van der Waals surface area contributed by atoms with Crippen molar-refractivity contribution in [3.05, 3.63) is 58.6 Å². The summed E-state index contributed by atoms with van der Waals surface area (Å²) in [6.45, 7) is 0. The van der Waals surface area contributed by atoms with Gasteiger partial charge in [-0.05, 0) is 49.2 Å². The number of rotatable bonds is 5. The van der Waals surface area contributed by atoms with Crippen LogP contribution in [0.1, 0.15) is 48.9 Å². The number of carbonyl (C=O) groups is 1. The molecule has 1 saturated carbocycles. The van der Waals surface area contributed by atoms with Crippen LogP contribution in [-0.2, 0) is 10.0 Å². The third kappa shape index (κ3) is 5.32. The fourth-order valence-electron chi connectivity index (χ4n) is 3.27. The summed E-state index contributed by atoms with van der Waals surface area (Å²) in [6.07, 6.45) is 6.58. The number of anilines is 1. The number of nitrogens with one attached hydrogen (secondary N) is 2. The van der Waals surface area contributed by atoms with E-state index in [2.05, 4.69) is 26.0 Å². The van der Waals surface area contributed by atoms with Gasteiger partial charge in [-0.1, -0.05) is 53.7 Å². The number of hydrogen-bond donors (Lipinski definition) is 2. The normalized spacial score (nSPS) is 15.7. The van der Waals surface area contributed by atoms with Crippen LogP contribution in [0, 0.1) is 0 Å². The Bertz CT molecular complexity index is 890. The number of benzene rings is 2. The molecule has 2 N–H and O–H groups in total. The lowest BCUT2D eigenvalue weighted by atomic mass is 10.1. The highest BCUT2D eigenvalue weighted by Gasteiger charge is 2.21. The molecule has 1 aliphatic carbocycles. The van der Waals surface area contributed by atoms with Crippen LogP contribution >= 0.6 is 15.9 Å². The summed E-state index contributed by atoms with van der Waals surface area (Å²) in [4.78, 5) is 12.9. The molecule has 0 aliphatic heterocycles. The molecular formula is C20H23BrN2O3S. The van der Waals surface area contributed by atoms with Crippen LogP contribution in [0.2, 0.25) is 0 Å². The fraction of sp³-hybridized carbons (Fsp3) is 0.350. The van der Waals surface area contributed by atoms with E-state index in [9.17, 15) is 13.2 Å². The number of carbonyl (C=O) groups excluding carboxylic acids is 1. The smallest absolute Gasteiger partial charge is 0.261 e. The summed E-state index contributed by atoms with van der Waals surface area (Å²) >= 11 is 3.29. The van der Waals surface area contributed by atoms with Gasteiger partial charge in [0.15, 0.2) is 0 Å². The van der Waals surface area contributed by atoms with Crippen LogP contribution in [0.5, 0.6) is 0 Å². The van der Waals surface area contributed by atoms with Crippen LogP contribution in [-0.4, -0.2) is 20.4 Å². The molecule has 7 heteroatoms. The second kappa shape index (κ2) is 8.89. The lowest BCUT2D eigenvalue weighted by molar-refractivity contribution is 0.0934. The van der Waals surface area contributed by atoms with Gasteiger partial charge in [0.05, 0.1) is 16.1 Å². The van der Waals surface area contributed by atoms with Crippen LogP contribution in [0.3, 0.4) is 0 Å². The molecule has 144 valence electrons. The Balaban J connectivity index is 1.79. The van der Waals surface area contributed by atoms with Crippen molar-refractivity contribution >= 4 is 37.5 Å². The van der Waals surface area contributed by atoms with Crippen molar-refractivity contribution in [2.24, 2.45) is 0 Å². The first-order chi connectivity index (χ1) is 13.0. The van der Waals surface area contributed by atoms with E-state index < -0.39 is 10.0 Å². The number of hydrogen-bond acceptors (Lipinski definition) is 3. The molecule has 3 rings (SSSR count). The Labute approximate surface area is 168 Å². The average molecular weight is 451 g/mol. The zero-order valence-corrected chi connectivity index (χ0v) is 17.4. The minimum atomic E-state index is -3.78. The van der Waals surface area contributed by atoms with Gasteiger partial charge in [-0.25, -0.2) is 8.42 Å². The molecule has 0 bridgehead atoms. The first-order valence-corrected chi connectivity index (χ1v) is 11.4. The van der Waals surface area contributed by atoms with Gasteiger partial charge in [-0.3, -0.25) is 9.52 Å². The molecule has 1 aliphatic rings. The van der Waals surface area contributed by atoms with Crippen molar-refractivity contribution in [3.63, 3.8) is 0 Å². The van der Waals surface area contributed by atoms with E-state index in [1.807, 2.05) is 0 Å². The molecule has 27 heavy (non-hydrogen) atoms. The Hall–Kier alpha value is -1.86. The van der Waals surface area contributed by atoms with Gasteiger partial charge < -0.3 is 5.32 Å². The SMILES string of the molecule is O=C(NC1CCCCCC1)c1ccccc1NS(=O)(=O)c1ccc(Br)cc1. The van der Waals surface area contributed by atoms with Crippen molar-refractivity contribution in [3.8, 4) is 0 Å². The summed E-state index contributed by atoms with van der Waals surface area (Å²) in [6, 6.07) is 13.2. The van der Waals surface area contributed by atoms with Gasteiger partial charge >= 0.3 is 0 Å². The van der Waals surface area contributed by atoms with E-state index in [-0.39, 0.29) is 22.5 Å². The summed E-state index contributed by atoms with van der Waals surface area (Å²) in [5.74, 6) is -0.240. The van der Waals surface area contributed by atoms with E-state index in [1.54, 1.807) is 36.4 Å². The third-order valence-corrected chi connectivity index (χ3v) is 6.64. The highest BCUT2D eigenvalue weighted by molar-refractivity contribution is 9.10. The first-order valence-electron chi connectivity index (χ1n) is 9.14. The van der Waals surface area contributed by atoms with Crippen molar-refractivity contribution in [2.75, 3.05) is 4.72 Å². The third-order valence-electron chi connectivity index (χ3n) is 4.73. The number of halogens is 1. The molecule has 2 aromatic rings. The minimum absolute atomic E-state index is 0.143. The Morgan fingerprint density at radius 3 is 2.22 bits per heavy atom. The second-order valence-corrected chi connectivity index (χ2v) is 9.37. The topological polar surface area (TPSA) is 75.3 Å². The number of para-hydroxylation sites is 1. The van der Waals surface area contributed by atoms with Gasteiger partial charge in [-0.15, -0.1) is 0 Å². The molecular weight excluding hydrogens is 428 g/mol. The molecule has 2 aromatic carbocycles. The predicted octanol–water partition coefficient (Wildman–Crippen LogP) is 4.70. The Morgan fingerprint density at radius 2 is 1.56 bits per heavy atom. The molecule has 0 spiro atoms. The van der Waals surface area contributed by atoms with Crippen molar-refractivity contribution in [1.29, 1.82) is 0 Å². The maximum Gasteiger partial charge on any atom is 0.261 e. The van der Waals surface area contributed by atoms with E-state index >= 15 is 0 Å². The van der Waals surface area contributed by atoms with E-state index in [0.29, 0.717) is 5.56 Å². The number of amides is 1. The predicted molar refractivity (Wildman–Crippen MR) is 110 cm³/mol. The highest BCUT2D eigenvalue weighted by Crippen LogP contribution is 2.23. The molecule has 0 atom stereocenters. The van der Waals surface area contributed by atoms with Crippen LogP contribution in [0.25, 0.3) is 0 Å². The molecule has 0 unspecified atom stereocenters. The largest absolute Gasteiger partial charge is 0.349 e. The van der Waals surface area contributed by atoms with Crippen LogP contribution < -0.4 is 10.0 Å². The average Bonchev–Trinajstić information content (AvgIpc) is 2.91. The van der Waals surface area contributed by atoms with Gasteiger partial charge in [0.2, 0.25) is 0 Å². The van der Waals surface area contributed by atoms with Gasteiger partial charge in [0.1, 0.15) is 0 Å². The quantitative estimate of drug-likeness (QED) is 0.647. The summed E-state index contributed by atoms with van der Waals surface area (Å²) in [7, 11) is -3.78. The van der Waals surface area contributed by atoms with E-state index in [0.717, 1.165) is 30.2 Å². The molecule has 0 aromatic heterocycles. The molecule has 0 saturated heterocycles. The van der Waals surface area contributed by atoms with Crippen molar-refractivity contribution < 1.29 is 13.2 Å². The van der Waals surface area contributed by atoms with E-state index in [4.69, 9.17) is 0 Å². The number of sulfonamides is 1. The Kier molecular flexibility index (Phi) is 6.55. The zero-order valence-electron chi connectivity index (χ0n) is 14.9. The monoisotopic (exact) mass is 450 g/mol. The summed E-state index contributed by atoms with van der Waals surface area (Å²) in [5.41, 5.74) is 0.619. The van der Waals surface area contributed by atoms with Crippen LogP contribution in [0.15, 0.2) is 57.9 Å². The van der Waals surface area contributed by atoms with Crippen molar-refractivity contribution in [1.82, 2.24) is 5.32 Å².